The van der Waals surface area contributed by atoms with E-state index >= 15 is 0 Å². The predicted octanol–water partition coefficient (Wildman–Crippen LogP) is 1.72. The lowest BCUT2D eigenvalue weighted by Gasteiger charge is -2.21. The molecule has 2 rings (SSSR count). The summed E-state index contributed by atoms with van der Waals surface area (Å²) in [7, 11) is 0. The van der Waals surface area contributed by atoms with E-state index in [4.69, 9.17) is 11.6 Å². The highest BCUT2D eigenvalue weighted by atomic mass is 35.5. The van der Waals surface area contributed by atoms with E-state index in [1.807, 2.05) is 6.92 Å². The molecule has 1 aliphatic carbocycles. The Morgan fingerprint density at radius 3 is 2.76 bits per heavy atom. The van der Waals surface area contributed by atoms with Gasteiger partial charge in [-0.25, -0.2) is 4.98 Å². The molecule has 0 atom stereocenters. The zero-order valence-corrected chi connectivity index (χ0v) is 10.5. The molecule has 0 spiro atoms. The van der Waals surface area contributed by atoms with E-state index in [0.717, 1.165) is 25.7 Å². The Bertz CT molecular complexity index is 400. The van der Waals surface area contributed by atoms with Crippen LogP contribution >= 0.6 is 11.6 Å². The van der Waals surface area contributed by atoms with Crippen molar-refractivity contribution in [2.45, 2.75) is 39.2 Å². The van der Waals surface area contributed by atoms with Crippen LogP contribution in [0.5, 0.6) is 0 Å². The summed E-state index contributed by atoms with van der Waals surface area (Å²) in [5, 5.41) is 10.5. The number of nitrogens with one attached hydrogen (secondary N) is 1. The first-order valence-corrected chi connectivity index (χ1v) is 6.10. The second-order valence-corrected chi connectivity index (χ2v) is 5.01. The molecule has 1 N–H and O–H groups in total. The van der Waals surface area contributed by atoms with Gasteiger partial charge in [-0.15, -0.1) is 10.2 Å². The zero-order chi connectivity index (χ0) is 12.3. The van der Waals surface area contributed by atoms with Gasteiger partial charge in [0.1, 0.15) is 5.69 Å². The highest BCUT2D eigenvalue weighted by molar-refractivity contribution is 6.28. The average Bonchev–Trinajstić information content (AvgIpc) is 2.76. The molecule has 1 fully saturated rings. The second kappa shape index (κ2) is 4.96. The highest BCUT2D eigenvalue weighted by Crippen LogP contribution is 2.37. The number of rotatable bonds is 3. The standard InChI is InChI=1S/C11H15ClN4O/c1-11(4-2-3-5-11)9(17)13-6-8-7-14-10(12)16-15-8/h7H,2-6H2,1H3,(H,13,17). The van der Waals surface area contributed by atoms with Crippen LogP contribution in [0.2, 0.25) is 5.28 Å². The minimum atomic E-state index is -0.215. The molecule has 5 nitrogen and oxygen atoms in total. The summed E-state index contributed by atoms with van der Waals surface area (Å²) < 4.78 is 0. The van der Waals surface area contributed by atoms with E-state index < -0.39 is 0 Å². The van der Waals surface area contributed by atoms with Crippen LogP contribution in [0.1, 0.15) is 38.3 Å². The maximum Gasteiger partial charge on any atom is 0.242 e. The maximum absolute atomic E-state index is 12.0. The fraction of sp³-hybridized carbons (Fsp3) is 0.636. The van der Waals surface area contributed by atoms with Crippen molar-refractivity contribution in [3.05, 3.63) is 17.2 Å². The van der Waals surface area contributed by atoms with Crippen molar-refractivity contribution in [1.29, 1.82) is 0 Å². The molecule has 1 saturated carbocycles. The summed E-state index contributed by atoms with van der Waals surface area (Å²) in [5.41, 5.74) is 0.400. The van der Waals surface area contributed by atoms with E-state index in [1.54, 1.807) is 0 Å². The van der Waals surface area contributed by atoms with Crippen molar-refractivity contribution in [2.75, 3.05) is 0 Å². The lowest BCUT2D eigenvalue weighted by atomic mass is 9.88. The first kappa shape index (κ1) is 12.2. The van der Waals surface area contributed by atoms with Gasteiger partial charge in [-0.1, -0.05) is 19.8 Å². The molecule has 0 aliphatic heterocycles. The highest BCUT2D eigenvalue weighted by Gasteiger charge is 2.35. The van der Waals surface area contributed by atoms with Gasteiger partial charge in [-0.3, -0.25) is 4.79 Å². The summed E-state index contributed by atoms with van der Waals surface area (Å²) in [6, 6.07) is 0. The molecule has 6 heteroatoms. The summed E-state index contributed by atoms with van der Waals surface area (Å²) in [5.74, 6) is 0.0896. The fourth-order valence-corrected chi connectivity index (χ4v) is 2.22. The normalized spacial score (nSPS) is 18.0. The number of halogens is 1. The molecule has 1 aromatic heterocycles. The van der Waals surface area contributed by atoms with Crippen LogP contribution in [-0.2, 0) is 11.3 Å². The SMILES string of the molecule is CC1(C(=O)NCc2cnc(Cl)nn2)CCCC1. The van der Waals surface area contributed by atoms with Gasteiger partial charge in [0.25, 0.3) is 0 Å². The van der Waals surface area contributed by atoms with Crippen LogP contribution in [0.4, 0.5) is 0 Å². The lowest BCUT2D eigenvalue weighted by Crippen LogP contribution is -2.36. The van der Waals surface area contributed by atoms with Crippen LogP contribution in [-0.4, -0.2) is 21.1 Å². The van der Waals surface area contributed by atoms with Crippen molar-refractivity contribution in [1.82, 2.24) is 20.5 Å². The van der Waals surface area contributed by atoms with Gasteiger partial charge in [0.15, 0.2) is 0 Å². The van der Waals surface area contributed by atoms with E-state index in [0.29, 0.717) is 12.2 Å². The van der Waals surface area contributed by atoms with Gasteiger partial charge in [0, 0.05) is 5.41 Å². The molecule has 0 bridgehead atoms. The van der Waals surface area contributed by atoms with Gasteiger partial charge in [0.05, 0.1) is 12.7 Å². The fourth-order valence-electron chi connectivity index (χ4n) is 2.13. The Balaban J connectivity index is 1.89. The summed E-state index contributed by atoms with van der Waals surface area (Å²) in [6.07, 6.45) is 5.71. The van der Waals surface area contributed by atoms with Crippen LogP contribution < -0.4 is 5.32 Å². The quantitative estimate of drug-likeness (QED) is 0.892. The Morgan fingerprint density at radius 2 is 2.18 bits per heavy atom. The van der Waals surface area contributed by atoms with E-state index in [2.05, 4.69) is 20.5 Å². The Hall–Kier alpha value is -1.23. The smallest absolute Gasteiger partial charge is 0.242 e. The molecular formula is C11H15ClN4O. The third-order valence-electron chi connectivity index (χ3n) is 3.27. The van der Waals surface area contributed by atoms with Crippen molar-refractivity contribution in [3.63, 3.8) is 0 Å². The third-order valence-corrected chi connectivity index (χ3v) is 3.44. The second-order valence-electron chi connectivity index (χ2n) is 4.67. The molecule has 0 unspecified atom stereocenters. The Kier molecular flexibility index (Phi) is 3.57. The summed E-state index contributed by atoms with van der Waals surface area (Å²) in [4.78, 5) is 15.8. The van der Waals surface area contributed by atoms with Crippen molar-refractivity contribution < 1.29 is 4.79 Å². The largest absolute Gasteiger partial charge is 0.350 e. The van der Waals surface area contributed by atoms with Crippen LogP contribution in [0.3, 0.4) is 0 Å². The van der Waals surface area contributed by atoms with Gasteiger partial charge in [-0.2, -0.15) is 0 Å². The number of carbonyl (C=O) groups excluding carboxylic acids is 1. The van der Waals surface area contributed by atoms with Crippen molar-refractivity contribution in [2.24, 2.45) is 5.41 Å². The van der Waals surface area contributed by atoms with Crippen molar-refractivity contribution in [3.8, 4) is 0 Å². The number of nitrogens with zero attached hydrogens (tertiary/aromatic N) is 3. The average molecular weight is 255 g/mol. The van der Waals surface area contributed by atoms with Gasteiger partial charge >= 0.3 is 0 Å². The lowest BCUT2D eigenvalue weighted by molar-refractivity contribution is -0.130. The molecular weight excluding hydrogens is 240 g/mol. The predicted molar refractivity (Wildman–Crippen MR) is 63.3 cm³/mol. The summed E-state index contributed by atoms with van der Waals surface area (Å²) >= 11 is 5.53. The third kappa shape index (κ3) is 2.91. The Labute approximate surface area is 105 Å². The number of hydrogen-bond acceptors (Lipinski definition) is 4. The molecule has 1 amide bonds. The molecule has 1 aromatic rings. The minimum absolute atomic E-state index is 0.0896. The number of amides is 1. The Morgan fingerprint density at radius 1 is 1.47 bits per heavy atom. The van der Waals surface area contributed by atoms with Crippen LogP contribution in [0, 0.1) is 5.41 Å². The van der Waals surface area contributed by atoms with Crippen LogP contribution in [0.25, 0.3) is 0 Å². The van der Waals surface area contributed by atoms with Gasteiger partial charge in [0.2, 0.25) is 11.2 Å². The van der Waals surface area contributed by atoms with Crippen molar-refractivity contribution >= 4 is 17.5 Å². The maximum atomic E-state index is 12.0. The van der Waals surface area contributed by atoms with E-state index in [9.17, 15) is 4.79 Å². The first-order valence-electron chi connectivity index (χ1n) is 5.73. The zero-order valence-electron chi connectivity index (χ0n) is 9.74. The van der Waals surface area contributed by atoms with Gasteiger partial charge in [-0.05, 0) is 24.4 Å². The molecule has 0 saturated heterocycles. The number of carbonyl (C=O) groups is 1. The molecule has 0 radical (unpaired) electrons. The monoisotopic (exact) mass is 254 g/mol. The molecule has 1 aliphatic rings. The molecule has 92 valence electrons. The van der Waals surface area contributed by atoms with Crippen LogP contribution in [0.15, 0.2) is 6.20 Å². The van der Waals surface area contributed by atoms with E-state index in [-0.39, 0.29) is 16.6 Å². The van der Waals surface area contributed by atoms with E-state index in [1.165, 1.54) is 6.20 Å². The molecule has 17 heavy (non-hydrogen) atoms. The number of aromatic nitrogens is 3. The number of hydrogen-bond donors (Lipinski definition) is 1. The first-order chi connectivity index (χ1) is 8.10. The minimum Gasteiger partial charge on any atom is -0.350 e. The van der Waals surface area contributed by atoms with Gasteiger partial charge < -0.3 is 5.32 Å². The summed E-state index contributed by atoms with van der Waals surface area (Å²) in [6.45, 7) is 2.37. The molecule has 1 heterocycles. The topological polar surface area (TPSA) is 67.8 Å². The molecule has 0 aromatic carbocycles.